The molecule has 25 heavy (non-hydrogen) atoms. The number of halogens is 2. The minimum absolute atomic E-state index is 0.0462. The summed E-state index contributed by atoms with van der Waals surface area (Å²) < 4.78 is 35.3. The molecule has 130 valence electrons. The van der Waals surface area contributed by atoms with Crippen LogP contribution in [0, 0.1) is 0 Å². The highest BCUT2D eigenvalue weighted by Crippen LogP contribution is 2.25. The molecular weight excluding hydrogens is 334 g/mol. The predicted molar refractivity (Wildman–Crippen MR) is 84.1 cm³/mol. The van der Waals surface area contributed by atoms with Crippen molar-refractivity contribution < 1.29 is 22.8 Å². The van der Waals surface area contributed by atoms with Crippen molar-refractivity contribution in [3.8, 4) is 17.0 Å². The van der Waals surface area contributed by atoms with Crippen LogP contribution in [0.15, 0.2) is 53.6 Å². The van der Waals surface area contributed by atoms with Crippen LogP contribution in [0.2, 0.25) is 0 Å². The number of ether oxygens (including phenoxy) is 1. The first-order chi connectivity index (χ1) is 12.0. The lowest BCUT2D eigenvalue weighted by molar-refractivity contribution is -0.118. The number of hydrogen-bond acceptors (Lipinski definition) is 5. The summed E-state index contributed by atoms with van der Waals surface area (Å²) in [6.07, 6.45) is 4.80. The van der Waals surface area contributed by atoms with Crippen molar-refractivity contribution >= 4 is 11.8 Å². The van der Waals surface area contributed by atoms with Crippen molar-refractivity contribution in [3.05, 3.63) is 49.1 Å². The predicted octanol–water partition coefficient (Wildman–Crippen LogP) is 3.34. The minimum atomic E-state index is -2.88. The molecule has 2 aromatic heterocycles. The van der Waals surface area contributed by atoms with Crippen LogP contribution < -0.4 is 10.1 Å². The summed E-state index contributed by atoms with van der Waals surface area (Å²) in [6, 6.07) is 7.00. The minimum Gasteiger partial charge on any atom is -0.435 e. The van der Waals surface area contributed by atoms with Gasteiger partial charge in [0.05, 0.1) is 6.33 Å². The normalized spacial score (nSPS) is 12.2. The summed E-state index contributed by atoms with van der Waals surface area (Å²) in [6.45, 7) is -1.16. The van der Waals surface area contributed by atoms with E-state index in [1.807, 2.05) is 0 Å². The molecule has 0 saturated heterocycles. The molecule has 1 atom stereocenters. The first-order valence-corrected chi connectivity index (χ1v) is 7.33. The third-order valence-electron chi connectivity index (χ3n) is 3.48. The summed E-state index contributed by atoms with van der Waals surface area (Å²) in [5.74, 6) is -0.0637. The van der Waals surface area contributed by atoms with Crippen molar-refractivity contribution in [1.29, 1.82) is 0 Å². The monoisotopic (exact) mass is 348 g/mol. The molecule has 0 spiro atoms. The summed E-state index contributed by atoms with van der Waals surface area (Å²) >= 11 is 0. The molecule has 1 amide bonds. The van der Waals surface area contributed by atoms with Crippen LogP contribution in [-0.2, 0) is 4.79 Å². The van der Waals surface area contributed by atoms with E-state index in [-0.39, 0.29) is 17.5 Å². The van der Waals surface area contributed by atoms with Gasteiger partial charge in [-0.3, -0.25) is 10.1 Å². The fourth-order valence-corrected chi connectivity index (χ4v) is 2.14. The molecule has 1 aromatic carbocycles. The van der Waals surface area contributed by atoms with E-state index in [4.69, 9.17) is 4.52 Å². The Hall–Kier alpha value is -3.23. The largest absolute Gasteiger partial charge is 0.435 e. The molecule has 2 heterocycles. The van der Waals surface area contributed by atoms with Crippen LogP contribution in [0.3, 0.4) is 0 Å². The zero-order valence-corrected chi connectivity index (χ0v) is 13.1. The zero-order chi connectivity index (χ0) is 17.8. The molecule has 3 aromatic rings. The van der Waals surface area contributed by atoms with E-state index in [9.17, 15) is 13.6 Å². The third-order valence-corrected chi connectivity index (χ3v) is 3.48. The summed E-state index contributed by atoms with van der Waals surface area (Å²) in [5.41, 5.74) is 1.09. The number of benzene rings is 1. The van der Waals surface area contributed by atoms with Crippen molar-refractivity contribution in [2.24, 2.45) is 0 Å². The summed E-state index contributed by atoms with van der Waals surface area (Å²) in [4.78, 5) is 16.1. The summed E-state index contributed by atoms with van der Waals surface area (Å²) in [7, 11) is 0. The Morgan fingerprint density at radius 3 is 2.72 bits per heavy atom. The Morgan fingerprint density at radius 2 is 2.08 bits per heavy atom. The van der Waals surface area contributed by atoms with Crippen molar-refractivity contribution in [1.82, 2.24) is 14.7 Å². The van der Waals surface area contributed by atoms with Gasteiger partial charge < -0.3 is 13.8 Å². The first kappa shape index (κ1) is 16.6. The van der Waals surface area contributed by atoms with Gasteiger partial charge in [-0.05, 0) is 31.2 Å². The van der Waals surface area contributed by atoms with Gasteiger partial charge in [-0.25, -0.2) is 4.98 Å². The van der Waals surface area contributed by atoms with Gasteiger partial charge in [-0.2, -0.15) is 8.78 Å². The van der Waals surface area contributed by atoms with Gasteiger partial charge in [0, 0.05) is 24.0 Å². The van der Waals surface area contributed by atoms with Crippen LogP contribution in [0.4, 0.5) is 14.7 Å². The van der Waals surface area contributed by atoms with Gasteiger partial charge in [-0.15, -0.1) is 0 Å². The highest BCUT2D eigenvalue weighted by Gasteiger charge is 2.17. The van der Waals surface area contributed by atoms with Gasteiger partial charge in [0.1, 0.15) is 17.5 Å². The highest BCUT2D eigenvalue weighted by molar-refractivity contribution is 5.92. The maximum atomic E-state index is 12.2. The molecule has 0 aliphatic rings. The smallest absolute Gasteiger partial charge is 0.387 e. The maximum absolute atomic E-state index is 12.2. The van der Waals surface area contributed by atoms with Gasteiger partial charge in [-0.1, -0.05) is 5.16 Å². The fraction of sp³-hybridized carbons (Fsp3) is 0.188. The highest BCUT2D eigenvalue weighted by atomic mass is 19.3. The van der Waals surface area contributed by atoms with E-state index in [1.165, 1.54) is 12.1 Å². The number of alkyl halides is 2. The number of nitrogens with zero attached hydrogens (tertiary/aromatic N) is 3. The lowest BCUT2D eigenvalue weighted by atomic mass is 10.1. The Kier molecular flexibility index (Phi) is 4.73. The molecule has 0 bridgehead atoms. The van der Waals surface area contributed by atoms with Gasteiger partial charge in [0.2, 0.25) is 11.8 Å². The Morgan fingerprint density at radius 1 is 1.32 bits per heavy atom. The van der Waals surface area contributed by atoms with Crippen LogP contribution in [0.5, 0.6) is 5.75 Å². The van der Waals surface area contributed by atoms with Gasteiger partial charge in [0.25, 0.3) is 0 Å². The number of anilines is 1. The summed E-state index contributed by atoms with van der Waals surface area (Å²) in [5, 5.41) is 6.47. The zero-order valence-electron chi connectivity index (χ0n) is 13.1. The lowest BCUT2D eigenvalue weighted by Gasteiger charge is -2.11. The van der Waals surface area contributed by atoms with Crippen LogP contribution in [0.1, 0.15) is 13.0 Å². The van der Waals surface area contributed by atoms with E-state index in [2.05, 4.69) is 20.2 Å². The quantitative estimate of drug-likeness (QED) is 0.739. The molecule has 1 N–H and O–H groups in total. The Balaban J connectivity index is 1.67. The second-order valence-electron chi connectivity index (χ2n) is 5.15. The average Bonchev–Trinajstić information content (AvgIpc) is 3.26. The molecule has 9 heteroatoms. The third kappa shape index (κ3) is 4.00. The SMILES string of the molecule is CC(C(=O)Nc1cc(-c2ccc(OC(F)F)cc2)no1)n1ccnc1. The second kappa shape index (κ2) is 7.12. The number of amides is 1. The van der Waals surface area contributed by atoms with Gasteiger partial charge >= 0.3 is 6.61 Å². The molecule has 0 radical (unpaired) electrons. The van der Waals surface area contributed by atoms with Crippen molar-refractivity contribution in [2.45, 2.75) is 19.6 Å². The standard InChI is InChI=1S/C16H14F2N4O3/c1-10(22-7-6-19-9-22)15(23)20-14-8-13(21-25-14)11-2-4-12(5-3-11)24-16(17)18/h2-10,16H,1H3,(H,20,23). The molecule has 7 nitrogen and oxygen atoms in total. The van der Waals surface area contributed by atoms with E-state index in [0.717, 1.165) is 0 Å². The number of hydrogen-bond donors (Lipinski definition) is 1. The molecule has 1 unspecified atom stereocenters. The first-order valence-electron chi connectivity index (χ1n) is 7.33. The molecule has 0 aliphatic heterocycles. The topological polar surface area (TPSA) is 82.2 Å². The molecule has 0 aliphatic carbocycles. The van der Waals surface area contributed by atoms with E-state index < -0.39 is 12.7 Å². The Bertz CT molecular complexity index is 831. The number of carbonyl (C=O) groups is 1. The van der Waals surface area contributed by atoms with Crippen LogP contribution in [0.25, 0.3) is 11.3 Å². The molecule has 0 fully saturated rings. The fourth-order valence-electron chi connectivity index (χ4n) is 2.14. The van der Waals surface area contributed by atoms with Crippen molar-refractivity contribution in [2.75, 3.05) is 5.32 Å². The number of nitrogens with one attached hydrogen (secondary N) is 1. The van der Waals surface area contributed by atoms with Crippen LogP contribution in [-0.4, -0.2) is 27.2 Å². The second-order valence-corrected chi connectivity index (χ2v) is 5.15. The average molecular weight is 348 g/mol. The Labute approximate surface area is 141 Å². The van der Waals surface area contributed by atoms with E-state index in [0.29, 0.717) is 11.3 Å². The van der Waals surface area contributed by atoms with Crippen molar-refractivity contribution in [3.63, 3.8) is 0 Å². The molecule has 0 saturated carbocycles. The molecule has 3 rings (SSSR count). The number of carbonyl (C=O) groups excluding carboxylic acids is 1. The van der Waals surface area contributed by atoms with Gasteiger partial charge in [0.15, 0.2) is 0 Å². The number of imidazole rings is 1. The number of rotatable bonds is 6. The molecular formula is C16H14F2N4O3. The number of aromatic nitrogens is 3. The van der Waals surface area contributed by atoms with E-state index >= 15 is 0 Å². The van der Waals surface area contributed by atoms with Crippen LogP contribution >= 0.6 is 0 Å². The maximum Gasteiger partial charge on any atom is 0.387 e. The lowest BCUT2D eigenvalue weighted by Crippen LogP contribution is -2.22. The van der Waals surface area contributed by atoms with E-state index in [1.54, 1.807) is 48.4 Å².